The van der Waals surface area contributed by atoms with Crippen LogP contribution in [0.2, 0.25) is 0 Å². The molecule has 0 unspecified atom stereocenters. The van der Waals surface area contributed by atoms with Crippen molar-refractivity contribution in [2.45, 2.75) is 0 Å². The van der Waals surface area contributed by atoms with E-state index in [0.29, 0.717) is 0 Å². The van der Waals surface area contributed by atoms with Crippen LogP contribution in [0.5, 0.6) is 0 Å². The topological polar surface area (TPSA) is 64.5 Å². The second-order valence-corrected chi connectivity index (χ2v) is 12.6. The molecule has 0 amide bonds. The molecule has 0 aliphatic rings. The van der Waals surface area contributed by atoms with Gasteiger partial charge in [-0.15, -0.1) is 0 Å². The Kier molecular flexibility index (Phi) is 6.42. The summed E-state index contributed by atoms with van der Waals surface area (Å²) in [7, 11) is 0. The Hall–Kier alpha value is -6.85. The zero-order valence-corrected chi connectivity index (χ0v) is 26.8. The molecule has 5 heterocycles. The fraction of sp³-hybridized carbons (Fsp3) is 0. The Labute approximate surface area is 287 Å². The predicted molar refractivity (Wildman–Crippen MR) is 205 cm³/mol. The van der Waals surface area contributed by atoms with Gasteiger partial charge in [-0.1, -0.05) is 91.0 Å². The van der Waals surface area contributed by atoms with E-state index < -0.39 is 0 Å². The summed E-state index contributed by atoms with van der Waals surface area (Å²) < 4.78 is 0. The molecule has 0 radical (unpaired) electrons. The molecule has 0 bridgehead atoms. The molecule has 5 heteroatoms. The van der Waals surface area contributed by atoms with Gasteiger partial charge in [0.2, 0.25) is 0 Å². The van der Waals surface area contributed by atoms with Gasteiger partial charge in [-0.3, -0.25) is 9.97 Å². The van der Waals surface area contributed by atoms with Gasteiger partial charge >= 0.3 is 0 Å². The van der Waals surface area contributed by atoms with E-state index in [2.05, 4.69) is 143 Å². The van der Waals surface area contributed by atoms with Crippen molar-refractivity contribution in [3.05, 3.63) is 164 Å². The zero-order valence-electron chi connectivity index (χ0n) is 26.8. The summed E-state index contributed by atoms with van der Waals surface area (Å²) in [5, 5.41) is 6.64. The lowest BCUT2D eigenvalue weighted by molar-refractivity contribution is 1.35. The first-order chi connectivity index (χ1) is 24.7. The summed E-state index contributed by atoms with van der Waals surface area (Å²) in [5.41, 5.74) is 12.1. The van der Waals surface area contributed by atoms with Crippen LogP contribution in [0.25, 0.3) is 99.3 Å². The molecule has 50 heavy (non-hydrogen) atoms. The predicted octanol–water partition coefficient (Wildman–Crippen LogP) is 11.1. The third kappa shape index (κ3) is 4.83. The molecule has 0 saturated carbocycles. The first-order valence-corrected chi connectivity index (χ1v) is 16.6. The second kappa shape index (κ2) is 11.4. The number of pyridine rings is 5. The van der Waals surface area contributed by atoms with E-state index in [0.717, 1.165) is 99.3 Å². The smallest absolute Gasteiger partial charge is 0.0972 e. The van der Waals surface area contributed by atoms with Gasteiger partial charge in [-0.05, 0) is 71.1 Å². The number of hydrogen-bond acceptors (Lipinski definition) is 5. The van der Waals surface area contributed by atoms with Gasteiger partial charge in [0.1, 0.15) is 0 Å². The molecule has 232 valence electrons. The fourth-order valence-electron chi connectivity index (χ4n) is 6.95. The first kappa shape index (κ1) is 28.2. The summed E-state index contributed by atoms with van der Waals surface area (Å²) in [6.45, 7) is 0. The summed E-state index contributed by atoms with van der Waals surface area (Å²) >= 11 is 0. The Morgan fingerprint density at radius 1 is 0.360 bits per heavy atom. The molecule has 0 saturated heterocycles. The molecule has 10 aromatic rings. The number of fused-ring (bicyclic) bond motifs is 6. The molecule has 5 aromatic heterocycles. The van der Waals surface area contributed by atoms with E-state index in [4.69, 9.17) is 15.0 Å². The van der Waals surface area contributed by atoms with Crippen molar-refractivity contribution in [3.8, 4) is 44.9 Å². The van der Waals surface area contributed by atoms with Crippen LogP contribution < -0.4 is 0 Å². The van der Waals surface area contributed by atoms with E-state index in [9.17, 15) is 0 Å². The summed E-state index contributed by atoms with van der Waals surface area (Å²) in [6.07, 6.45) is 5.56. The summed E-state index contributed by atoms with van der Waals surface area (Å²) in [6, 6.07) is 50.7. The minimum Gasteiger partial charge on any atom is -0.264 e. The van der Waals surface area contributed by atoms with E-state index >= 15 is 0 Å². The van der Waals surface area contributed by atoms with Gasteiger partial charge < -0.3 is 0 Å². The Morgan fingerprint density at radius 3 is 1.68 bits per heavy atom. The molecule has 0 N–H and O–H groups in total. The molecule has 0 spiro atoms. The van der Waals surface area contributed by atoms with Crippen LogP contribution in [-0.4, -0.2) is 24.9 Å². The zero-order chi connectivity index (χ0) is 33.0. The van der Waals surface area contributed by atoms with Crippen LogP contribution in [0.3, 0.4) is 0 Å². The number of nitrogens with zero attached hydrogens (tertiary/aromatic N) is 5. The summed E-state index contributed by atoms with van der Waals surface area (Å²) in [5.74, 6) is 0. The van der Waals surface area contributed by atoms with Crippen LogP contribution in [0.15, 0.2) is 164 Å². The van der Waals surface area contributed by atoms with Crippen LogP contribution >= 0.6 is 0 Å². The third-order valence-electron chi connectivity index (χ3n) is 9.58. The monoisotopic (exact) mass is 637 g/mol. The average Bonchev–Trinajstić information content (AvgIpc) is 3.19. The van der Waals surface area contributed by atoms with Crippen LogP contribution in [0, 0.1) is 0 Å². The van der Waals surface area contributed by atoms with Crippen LogP contribution in [0.4, 0.5) is 0 Å². The largest absolute Gasteiger partial charge is 0.264 e. The van der Waals surface area contributed by atoms with E-state index in [1.807, 2.05) is 30.7 Å². The molecule has 5 nitrogen and oxygen atoms in total. The van der Waals surface area contributed by atoms with Gasteiger partial charge in [0.25, 0.3) is 0 Å². The van der Waals surface area contributed by atoms with E-state index in [1.54, 1.807) is 0 Å². The first-order valence-electron chi connectivity index (χ1n) is 16.6. The van der Waals surface area contributed by atoms with E-state index in [-0.39, 0.29) is 0 Å². The van der Waals surface area contributed by atoms with Gasteiger partial charge in [0, 0.05) is 62.2 Å². The number of rotatable bonds is 4. The highest BCUT2D eigenvalue weighted by Gasteiger charge is 2.10. The van der Waals surface area contributed by atoms with Crippen molar-refractivity contribution in [2.24, 2.45) is 0 Å². The van der Waals surface area contributed by atoms with E-state index in [1.165, 1.54) is 0 Å². The van der Waals surface area contributed by atoms with Crippen molar-refractivity contribution < 1.29 is 0 Å². The Bertz CT molecular complexity index is 2930. The quantitative estimate of drug-likeness (QED) is 0.180. The molecule has 0 aliphatic heterocycles. The lowest BCUT2D eigenvalue weighted by atomic mass is 9.99. The summed E-state index contributed by atoms with van der Waals surface area (Å²) in [4.78, 5) is 24.0. The highest BCUT2D eigenvalue weighted by atomic mass is 14.8. The van der Waals surface area contributed by atoms with Crippen LogP contribution in [0.1, 0.15) is 0 Å². The van der Waals surface area contributed by atoms with Crippen molar-refractivity contribution in [1.82, 2.24) is 24.9 Å². The Morgan fingerprint density at radius 2 is 0.940 bits per heavy atom. The molecule has 0 fully saturated rings. The normalized spacial score (nSPS) is 11.6. The van der Waals surface area contributed by atoms with Crippen molar-refractivity contribution in [2.75, 3.05) is 0 Å². The van der Waals surface area contributed by atoms with Gasteiger partial charge in [0.15, 0.2) is 0 Å². The highest BCUT2D eigenvalue weighted by molar-refractivity contribution is 6.03. The maximum atomic E-state index is 5.03. The average molecular weight is 638 g/mol. The third-order valence-corrected chi connectivity index (χ3v) is 9.58. The standard InChI is InChI=1S/C45H27N5/c1-3-28-22-24-46-27-38(28)37(5-1)43-21-16-36-26-34(14-19-42(36)49-43)33-13-18-41-35(25-33)15-20-39(48-41)29-6-8-30(9-7-29)40-17-12-32-11-10-31-4-2-23-47-44(31)45(32)50-40/h1-27H. The molecular formula is C45H27N5. The number of aromatic nitrogens is 5. The van der Waals surface area contributed by atoms with Gasteiger partial charge in [-0.2, -0.15) is 0 Å². The minimum absolute atomic E-state index is 0.921. The van der Waals surface area contributed by atoms with Gasteiger partial charge in [0.05, 0.1) is 39.1 Å². The second-order valence-electron chi connectivity index (χ2n) is 12.6. The maximum Gasteiger partial charge on any atom is 0.0972 e. The minimum atomic E-state index is 0.921. The van der Waals surface area contributed by atoms with Crippen molar-refractivity contribution in [1.29, 1.82) is 0 Å². The fourth-order valence-corrected chi connectivity index (χ4v) is 6.95. The number of hydrogen-bond donors (Lipinski definition) is 0. The number of benzene rings is 5. The van der Waals surface area contributed by atoms with Gasteiger partial charge in [-0.25, -0.2) is 15.0 Å². The van der Waals surface area contributed by atoms with Crippen molar-refractivity contribution in [3.63, 3.8) is 0 Å². The Balaban J connectivity index is 0.926. The highest BCUT2D eigenvalue weighted by Crippen LogP contribution is 2.32. The lowest BCUT2D eigenvalue weighted by Gasteiger charge is -2.10. The van der Waals surface area contributed by atoms with Crippen LogP contribution in [-0.2, 0) is 0 Å². The molecule has 0 atom stereocenters. The van der Waals surface area contributed by atoms with Crippen molar-refractivity contribution >= 4 is 54.4 Å². The maximum absolute atomic E-state index is 5.03. The SMILES string of the molecule is c1cc(-c2ccc3cc(-c4ccc5nc(-c6ccc(-c7ccc8ccc9cccnc9c8n7)cc6)ccc5c4)ccc3n2)c2cnccc2c1. The molecular weight excluding hydrogens is 611 g/mol. The molecule has 5 aromatic carbocycles. The molecule has 10 rings (SSSR count). The lowest BCUT2D eigenvalue weighted by Crippen LogP contribution is -1.90. The molecule has 0 aliphatic carbocycles.